The van der Waals surface area contributed by atoms with Crippen LogP contribution in [0.1, 0.15) is 25.3 Å². The van der Waals surface area contributed by atoms with Gasteiger partial charge in [-0.1, -0.05) is 0 Å². The van der Waals surface area contributed by atoms with Gasteiger partial charge in [-0.2, -0.15) is 4.39 Å². The number of halogens is 1. The van der Waals surface area contributed by atoms with Crippen LogP contribution < -0.4 is 5.73 Å². The van der Waals surface area contributed by atoms with Crippen molar-refractivity contribution < 1.29 is 9.18 Å². The summed E-state index contributed by atoms with van der Waals surface area (Å²) in [5.74, 6) is -0.399. The number of aromatic nitrogens is 2. The van der Waals surface area contributed by atoms with Crippen LogP contribution in [0, 0.1) is 17.8 Å². The normalized spacial score (nSPS) is 26.0. The van der Waals surface area contributed by atoms with E-state index in [0.717, 1.165) is 18.4 Å². The molecule has 1 aliphatic carbocycles. The van der Waals surface area contributed by atoms with Gasteiger partial charge >= 0.3 is 0 Å². The Morgan fingerprint density at radius 1 is 1.27 bits per heavy atom. The number of carbonyl (C=O) groups excluding carboxylic acids is 1. The van der Waals surface area contributed by atoms with E-state index in [-0.39, 0.29) is 17.8 Å². The van der Waals surface area contributed by atoms with Crippen LogP contribution in [0.25, 0.3) is 11.3 Å². The fraction of sp³-hybridized carbons (Fsp3) is 0.368. The van der Waals surface area contributed by atoms with Crippen LogP contribution in [0.3, 0.4) is 0 Å². The third-order valence-corrected chi connectivity index (χ3v) is 5.37. The lowest BCUT2D eigenvalue weighted by atomic mass is 9.75. The first-order valence-corrected chi connectivity index (χ1v) is 8.62. The monoisotopic (exact) mass is 353 g/mol. The van der Waals surface area contributed by atoms with E-state index in [0.29, 0.717) is 17.2 Å². The summed E-state index contributed by atoms with van der Waals surface area (Å²) in [4.78, 5) is 27.0. The van der Waals surface area contributed by atoms with Gasteiger partial charge in [0.15, 0.2) is 5.96 Å². The first-order valence-electron chi connectivity index (χ1n) is 8.62. The SMILES string of the molecule is CN1C(=O)[C@@H](C2CC2)[C@@](C)(c2ccnc(-c3cccnc3F)c2)N=C1N. The Balaban J connectivity index is 1.84. The van der Waals surface area contributed by atoms with Gasteiger partial charge in [0, 0.05) is 19.4 Å². The Morgan fingerprint density at radius 3 is 2.73 bits per heavy atom. The van der Waals surface area contributed by atoms with Gasteiger partial charge in [-0.15, -0.1) is 0 Å². The van der Waals surface area contributed by atoms with Gasteiger partial charge in [0.25, 0.3) is 0 Å². The van der Waals surface area contributed by atoms with E-state index in [4.69, 9.17) is 5.73 Å². The van der Waals surface area contributed by atoms with Crippen molar-refractivity contribution in [2.24, 2.45) is 22.6 Å². The zero-order valence-electron chi connectivity index (χ0n) is 14.7. The highest BCUT2D eigenvalue weighted by Gasteiger charge is 2.53. The lowest BCUT2D eigenvalue weighted by Crippen LogP contribution is -2.54. The minimum atomic E-state index is -0.800. The quantitative estimate of drug-likeness (QED) is 0.858. The average molecular weight is 353 g/mol. The third kappa shape index (κ3) is 2.55. The highest BCUT2D eigenvalue weighted by atomic mass is 19.1. The number of hydrogen-bond donors (Lipinski definition) is 1. The predicted octanol–water partition coefficient (Wildman–Crippen LogP) is 2.31. The Morgan fingerprint density at radius 2 is 2.04 bits per heavy atom. The van der Waals surface area contributed by atoms with E-state index >= 15 is 0 Å². The van der Waals surface area contributed by atoms with Gasteiger partial charge in [-0.3, -0.25) is 14.7 Å². The fourth-order valence-corrected chi connectivity index (χ4v) is 3.75. The highest BCUT2D eigenvalue weighted by Crippen LogP contribution is 2.50. The molecule has 2 aliphatic rings. The fourth-order valence-electron chi connectivity index (χ4n) is 3.75. The Labute approximate surface area is 151 Å². The Bertz CT molecular complexity index is 910. The molecule has 2 N–H and O–H groups in total. The van der Waals surface area contributed by atoms with E-state index < -0.39 is 11.5 Å². The van der Waals surface area contributed by atoms with Crippen LogP contribution in [-0.4, -0.2) is 33.8 Å². The van der Waals surface area contributed by atoms with Gasteiger partial charge < -0.3 is 5.73 Å². The van der Waals surface area contributed by atoms with Crippen molar-refractivity contribution in [2.45, 2.75) is 25.3 Å². The van der Waals surface area contributed by atoms with Gasteiger partial charge in [0.1, 0.15) is 0 Å². The van der Waals surface area contributed by atoms with Crippen LogP contribution in [0.2, 0.25) is 0 Å². The number of hydrogen-bond acceptors (Lipinski definition) is 5. The third-order valence-electron chi connectivity index (χ3n) is 5.37. The van der Waals surface area contributed by atoms with Crippen LogP contribution in [-0.2, 0) is 10.3 Å². The highest BCUT2D eigenvalue weighted by molar-refractivity contribution is 6.00. The van der Waals surface area contributed by atoms with Crippen LogP contribution in [0.5, 0.6) is 0 Å². The smallest absolute Gasteiger partial charge is 0.235 e. The molecule has 1 amide bonds. The summed E-state index contributed by atoms with van der Waals surface area (Å²) in [6.45, 7) is 1.92. The number of nitrogens with two attached hydrogens (primary N) is 1. The van der Waals surface area contributed by atoms with E-state index in [9.17, 15) is 9.18 Å². The number of amides is 1. The maximum atomic E-state index is 14.1. The lowest BCUT2D eigenvalue weighted by molar-refractivity contribution is -0.135. The molecule has 7 heteroatoms. The summed E-state index contributed by atoms with van der Waals surface area (Å²) in [7, 11) is 1.65. The second-order valence-corrected chi connectivity index (χ2v) is 7.10. The largest absolute Gasteiger partial charge is 0.369 e. The maximum Gasteiger partial charge on any atom is 0.235 e. The molecule has 0 spiro atoms. The van der Waals surface area contributed by atoms with Gasteiger partial charge in [-0.05, 0) is 55.5 Å². The van der Waals surface area contributed by atoms with Gasteiger partial charge in [-0.25, -0.2) is 9.98 Å². The molecule has 1 aliphatic heterocycles. The van der Waals surface area contributed by atoms with Gasteiger partial charge in [0.05, 0.1) is 22.7 Å². The molecule has 1 fully saturated rings. The van der Waals surface area contributed by atoms with Crippen molar-refractivity contribution >= 4 is 11.9 Å². The van der Waals surface area contributed by atoms with E-state index in [1.165, 1.54) is 11.1 Å². The maximum absolute atomic E-state index is 14.1. The van der Waals surface area contributed by atoms with Crippen molar-refractivity contribution in [1.82, 2.24) is 14.9 Å². The molecule has 2 atom stereocenters. The van der Waals surface area contributed by atoms with Gasteiger partial charge in [0.2, 0.25) is 11.9 Å². The zero-order chi connectivity index (χ0) is 18.5. The lowest BCUT2D eigenvalue weighted by Gasteiger charge is -2.41. The molecule has 6 nitrogen and oxygen atoms in total. The predicted molar refractivity (Wildman–Crippen MR) is 95.4 cm³/mol. The molecule has 0 radical (unpaired) electrons. The standard InChI is InChI=1S/C19H20FN5O/c1-19(15(11-5-6-11)17(26)25(2)18(21)24-19)12-7-9-22-14(10-12)13-4-3-8-23-16(13)20/h3-4,7-11,15H,5-6H2,1-2H3,(H2,21,24)/t15-,19-/m1/s1. The van der Waals surface area contributed by atoms with Crippen LogP contribution in [0.15, 0.2) is 41.7 Å². The number of rotatable bonds is 3. The average Bonchev–Trinajstić information content (AvgIpc) is 3.45. The number of aliphatic imine (C=N–C) groups is 1. The summed E-state index contributed by atoms with van der Waals surface area (Å²) in [5, 5.41) is 0. The molecule has 1 saturated carbocycles. The van der Waals surface area contributed by atoms with Crippen molar-refractivity contribution in [3.8, 4) is 11.3 Å². The molecule has 0 aromatic carbocycles. The van der Waals surface area contributed by atoms with Crippen LogP contribution >= 0.6 is 0 Å². The summed E-state index contributed by atoms with van der Waals surface area (Å²) in [6, 6.07) is 6.90. The topological polar surface area (TPSA) is 84.5 Å². The molecule has 0 unspecified atom stereocenters. The second kappa shape index (κ2) is 5.86. The number of pyridine rings is 2. The Kier molecular flexibility index (Phi) is 3.75. The van der Waals surface area contributed by atoms with Crippen molar-refractivity contribution in [3.63, 3.8) is 0 Å². The number of nitrogens with zero attached hydrogens (tertiary/aromatic N) is 4. The van der Waals surface area contributed by atoms with E-state index in [2.05, 4.69) is 15.0 Å². The summed E-state index contributed by atoms with van der Waals surface area (Å²) in [6.07, 6.45) is 5.02. The van der Waals surface area contributed by atoms with E-state index in [1.54, 1.807) is 31.4 Å². The van der Waals surface area contributed by atoms with Crippen molar-refractivity contribution in [1.29, 1.82) is 0 Å². The van der Waals surface area contributed by atoms with Crippen LogP contribution in [0.4, 0.5) is 4.39 Å². The molecule has 2 aromatic rings. The first kappa shape index (κ1) is 16.6. The molecule has 4 rings (SSSR count). The minimum Gasteiger partial charge on any atom is -0.369 e. The number of carbonyl (C=O) groups is 1. The zero-order valence-corrected chi connectivity index (χ0v) is 14.7. The summed E-state index contributed by atoms with van der Waals surface area (Å²) < 4.78 is 14.1. The molecule has 2 aromatic heterocycles. The molecule has 0 saturated heterocycles. The Hall–Kier alpha value is -2.83. The van der Waals surface area contributed by atoms with E-state index in [1.807, 2.05) is 13.0 Å². The molecule has 134 valence electrons. The molecule has 0 bridgehead atoms. The van der Waals surface area contributed by atoms with Crippen molar-refractivity contribution in [2.75, 3.05) is 7.05 Å². The summed E-state index contributed by atoms with van der Waals surface area (Å²) >= 11 is 0. The molecular weight excluding hydrogens is 333 g/mol. The first-order chi connectivity index (χ1) is 12.4. The number of guanidine groups is 1. The molecular formula is C19H20FN5O. The second-order valence-electron chi connectivity index (χ2n) is 7.10. The molecule has 3 heterocycles. The van der Waals surface area contributed by atoms with Crippen molar-refractivity contribution in [3.05, 3.63) is 48.2 Å². The molecule has 26 heavy (non-hydrogen) atoms. The summed E-state index contributed by atoms with van der Waals surface area (Å²) in [5.41, 5.74) is 6.78. The minimum absolute atomic E-state index is 0.0200.